The summed E-state index contributed by atoms with van der Waals surface area (Å²) in [5.41, 5.74) is 2.60. The Hall–Kier alpha value is -0.830. The Morgan fingerprint density at radius 3 is 2.67 bits per heavy atom. The number of rotatable bonds is 4. The van der Waals surface area contributed by atoms with E-state index in [2.05, 4.69) is 44.3 Å². The Morgan fingerprint density at radius 2 is 2.11 bits per heavy atom. The molecule has 1 N–H and O–H groups in total. The lowest BCUT2D eigenvalue weighted by molar-refractivity contribution is 0.369. The van der Waals surface area contributed by atoms with Crippen molar-refractivity contribution in [3.05, 3.63) is 17.5 Å². The second-order valence-electron chi connectivity index (χ2n) is 6.27. The minimum Gasteiger partial charge on any atom is -0.310 e. The fraction of sp³-hybridized carbons (Fsp3) is 0.800. The fourth-order valence-electron chi connectivity index (χ4n) is 3.07. The van der Waals surface area contributed by atoms with Crippen molar-refractivity contribution in [2.75, 3.05) is 0 Å². The maximum atomic E-state index is 4.57. The van der Waals surface area contributed by atoms with Gasteiger partial charge >= 0.3 is 0 Å². The van der Waals surface area contributed by atoms with Crippen LogP contribution in [0.25, 0.3) is 0 Å². The quantitative estimate of drug-likeness (QED) is 0.888. The first-order chi connectivity index (χ1) is 8.49. The van der Waals surface area contributed by atoms with E-state index in [1.807, 2.05) is 11.7 Å². The zero-order valence-corrected chi connectivity index (χ0v) is 12.4. The minimum atomic E-state index is 0.503. The zero-order chi connectivity index (χ0) is 13.3. The molecule has 1 aromatic rings. The SMILES string of the molecule is CC(C)c1nn(C)cc1CNC1CCC(C)C1C. The highest BCUT2D eigenvalue weighted by molar-refractivity contribution is 5.20. The van der Waals surface area contributed by atoms with Crippen LogP contribution in [0.3, 0.4) is 0 Å². The van der Waals surface area contributed by atoms with E-state index in [-0.39, 0.29) is 0 Å². The van der Waals surface area contributed by atoms with E-state index in [0.717, 1.165) is 18.4 Å². The predicted octanol–water partition coefficient (Wildman–Crippen LogP) is 3.07. The van der Waals surface area contributed by atoms with Crippen LogP contribution in [0.1, 0.15) is 57.7 Å². The van der Waals surface area contributed by atoms with Crippen LogP contribution in [0.2, 0.25) is 0 Å². The summed E-state index contributed by atoms with van der Waals surface area (Å²) in [7, 11) is 2.01. The summed E-state index contributed by atoms with van der Waals surface area (Å²) in [6, 6.07) is 0.681. The molecule has 0 amide bonds. The summed E-state index contributed by atoms with van der Waals surface area (Å²) >= 11 is 0. The van der Waals surface area contributed by atoms with Crippen LogP contribution in [0, 0.1) is 11.8 Å². The molecule has 1 saturated carbocycles. The van der Waals surface area contributed by atoms with Gasteiger partial charge in [-0.15, -0.1) is 0 Å². The minimum absolute atomic E-state index is 0.503. The molecule has 1 aromatic heterocycles. The summed E-state index contributed by atoms with van der Waals surface area (Å²) in [4.78, 5) is 0. The number of nitrogens with zero attached hydrogens (tertiary/aromatic N) is 2. The number of nitrogens with one attached hydrogen (secondary N) is 1. The van der Waals surface area contributed by atoms with Crippen molar-refractivity contribution < 1.29 is 0 Å². The molecule has 0 radical (unpaired) electrons. The Labute approximate surface area is 111 Å². The lowest BCUT2D eigenvalue weighted by Gasteiger charge is -2.19. The molecule has 3 nitrogen and oxygen atoms in total. The van der Waals surface area contributed by atoms with Crippen molar-refractivity contribution >= 4 is 0 Å². The van der Waals surface area contributed by atoms with Gasteiger partial charge in [-0.1, -0.05) is 27.7 Å². The van der Waals surface area contributed by atoms with Crippen LogP contribution in [0.15, 0.2) is 6.20 Å². The van der Waals surface area contributed by atoms with Crippen LogP contribution < -0.4 is 5.32 Å². The molecule has 2 rings (SSSR count). The molecule has 3 heteroatoms. The van der Waals surface area contributed by atoms with Crippen molar-refractivity contribution in [3.63, 3.8) is 0 Å². The van der Waals surface area contributed by atoms with Crippen LogP contribution in [-0.2, 0) is 13.6 Å². The summed E-state index contributed by atoms with van der Waals surface area (Å²) in [6.45, 7) is 10.1. The number of hydrogen-bond acceptors (Lipinski definition) is 2. The maximum absolute atomic E-state index is 4.57. The van der Waals surface area contributed by atoms with Gasteiger partial charge in [0.05, 0.1) is 5.69 Å². The first-order valence-electron chi connectivity index (χ1n) is 7.24. The highest BCUT2D eigenvalue weighted by Gasteiger charge is 2.29. The Morgan fingerprint density at radius 1 is 1.39 bits per heavy atom. The zero-order valence-electron chi connectivity index (χ0n) is 12.4. The average molecular weight is 249 g/mol. The summed E-state index contributed by atoms with van der Waals surface area (Å²) in [5, 5.41) is 8.30. The van der Waals surface area contributed by atoms with Crippen molar-refractivity contribution in [3.8, 4) is 0 Å². The molecule has 0 aromatic carbocycles. The van der Waals surface area contributed by atoms with Gasteiger partial charge < -0.3 is 5.32 Å². The smallest absolute Gasteiger partial charge is 0.0694 e. The first kappa shape index (κ1) is 13.6. The van der Waals surface area contributed by atoms with Gasteiger partial charge in [0.2, 0.25) is 0 Å². The fourth-order valence-corrected chi connectivity index (χ4v) is 3.07. The summed E-state index contributed by atoms with van der Waals surface area (Å²) < 4.78 is 1.94. The normalized spacial score (nSPS) is 28.2. The van der Waals surface area contributed by atoms with E-state index >= 15 is 0 Å². The van der Waals surface area contributed by atoms with Crippen molar-refractivity contribution in [2.24, 2.45) is 18.9 Å². The monoisotopic (exact) mass is 249 g/mol. The van der Waals surface area contributed by atoms with E-state index < -0.39 is 0 Å². The lowest BCUT2D eigenvalue weighted by atomic mass is 9.97. The molecule has 18 heavy (non-hydrogen) atoms. The molecular formula is C15H27N3. The molecular weight excluding hydrogens is 222 g/mol. The van der Waals surface area contributed by atoms with Gasteiger partial charge in [-0.3, -0.25) is 4.68 Å². The molecule has 0 bridgehead atoms. The van der Waals surface area contributed by atoms with Crippen LogP contribution in [0.4, 0.5) is 0 Å². The molecule has 3 unspecified atom stereocenters. The van der Waals surface area contributed by atoms with Gasteiger partial charge in [0.15, 0.2) is 0 Å². The van der Waals surface area contributed by atoms with E-state index in [4.69, 9.17) is 0 Å². The second-order valence-corrected chi connectivity index (χ2v) is 6.27. The van der Waals surface area contributed by atoms with Gasteiger partial charge in [0.1, 0.15) is 0 Å². The van der Waals surface area contributed by atoms with Crippen LogP contribution >= 0.6 is 0 Å². The average Bonchev–Trinajstić information content (AvgIpc) is 2.82. The van der Waals surface area contributed by atoms with Gasteiger partial charge in [0.25, 0.3) is 0 Å². The highest BCUT2D eigenvalue weighted by atomic mass is 15.3. The maximum Gasteiger partial charge on any atom is 0.0694 e. The van der Waals surface area contributed by atoms with Crippen molar-refractivity contribution in [2.45, 2.75) is 59.0 Å². The van der Waals surface area contributed by atoms with Gasteiger partial charge in [-0.05, 0) is 30.6 Å². The summed E-state index contributed by atoms with van der Waals surface area (Å²) in [6.07, 6.45) is 4.84. The molecule has 1 aliphatic rings. The molecule has 0 spiro atoms. The standard InChI is InChI=1S/C15H27N3/c1-10(2)15-13(9-18(5)17-15)8-16-14-7-6-11(3)12(14)4/h9-12,14,16H,6-8H2,1-5H3. The van der Waals surface area contributed by atoms with Crippen LogP contribution in [-0.4, -0.2) is 15.8 Å². The third-order valence-electron chi connectivity index (χ3n) is 4.50. The second kappa shape index (κ2) is 5.43. The Bertz CT molecular complexity index is 394. The molecule has 3 atom stereocenters. The van der Waals surface area contributed by atoms with E-state index in [1.54, 1.807) is 0 Å². The van der Waals surface area contributed by atoms with E-state index in [0.29, 0.717) is 12.0 Å². The third kappa shape index (κ3) is 2.77. The van der Waals surface area contributed by atoms with Crippen LogP contribution in [0.5, 0.6) is 0 Å². The number of aryl methyl sites for hydroxylation is 1. The molecule has 0 aliphatic heterocycles. The van der Waals surface area contributed by atoms with Crippen molar-refractivity contribution in [1.82, 2.24) is 15.1 Å². The lowest BCUT2D eigenvalue weighted by Crippen LogP contribution is -2.32. The number of hydrogen-bond donors (Lipinski definition) is 1. The van der Waals surface area contributed by atoms with E-state index in [1.165, 1.54) is 24.1 Å². The molecule has 102 valence electrons. The highest BCUT2D eigenvalue weighted by Crippen LogP contribution is 2.31. The Kier molecular flexibility index (Phi) is 4.10. The number of aromatic nitrogens is 2. The van der Waals surface area contributed by atoms with Gasteiger partial charge in [-0.25, -0.2) is 0 Å². The third-order valence-corrected chi connectivity index (χ3v) is 4.50. The largest absolute Gasteiger partial charge is 0.310 e. The van der Waals surface area contributed by atoms with Crippen molar-refractivity contribution in [1.29, 1.82) is 0 Å². The van der Waals surface area contributed by atoms with Gasteiger partial charge in [0, 0.05) is 31.4 Å². The predicted molar refractivity (Wildman–Crippen MR) is 75.5 cm³/mol. The molecule has 1 fully saturated rings. The molecule has 1 heterocycles. The molecule has 1 aliphatic carbocycles. The van der Waals surface area contributed by atoms with E-state index in [9.17, 15) is 0 Å². The Balaban J connectivity index is 1.98. The molecule has 0 saturated heterocycles. The summed E-state index contributed by atoms with van der Waals surface area (Å²) in [5.74, 6) is 2.16. The van der Waals surface area contributed by atoms with Gasteiger partial charge in [-0.2, -0.15) is 5.10 Å². The topological polar surface area (TPSA) is 29.9 Å². The first-order valence-corrected chi connectivity index (χ1v) is 7.24.